The smallest absolute Gasteiger partial charge is 0.185 e. The summed E-state index contributed by atoms with van der Waals surface area (Å²) in [5.41, 5.74) is 0.473. The van der Waals surface area contributed by atoms with Crippen LogP contribution in [0.2, 0.25) is 5.02 Å². The lowest BCUT2D eigenvalue weighted by molar-refractivity contribution is 0.566. The van der Waals surface area contributed by atoms with Crippen LogP contribution in [0.5, 0.6) is 0 Å². The maximum atomic E-state index is 13.2. The Morgan fingerprint density at radius 1 is 0.923 bits per heavy atom. The van der Waals surface area contributed by atoms with E-state index < -0.39 is 30.7 Å². The molecule has 4 nitrogen and oxygen atoms in total. The van der Waals surface area contributed by atoms with Crippen LogP contribution in [0.1, 0.15) is 30.1 Å². The molecular formula is C18H20ClFO4S2. The minimum absolute atomic E-state index is 0.00410. The third-order valence-electron chi connectivity index (χ3n) is 3.99. The molecule has 0 bridgehead atoms. The third-order valence-corrected chi connectivity index (χ3v) is 7.46. The number of sulfone groups is 2. The van der Waals surface area contributed by atoms with E-state index in [1.54, 1.807) is 0 Å². The lowest BCUT2D eigenvalue weighted by atomic mass is 10.1. The van der Waals surface area contributed by atoms with Crippen molar-refractivity contribution in [1.29, 1.82) is 0 Å². The largest absolute Gasteiger partial charge is 0.229 e. The summed E-state index contributed by atoms with van der Waals surface area (Å²) in [6.07, 6.45) is 2.18. The van der Waals surface area contributed by atoms with E-state index >= 15 is 0 Å². The monoisotopic (exact) mass is 418 g/mol. The van der Waals surface area contributed by atoms with Gasteiger partial charge in [0, 0.05) is 17.0 Å². The number of unbranched alkanes of at least 4 members (excludes halogenated alkanes) is 1. The second kappa shape index (κ2) is 8.50. The molecule has 0 aromatic heterocycles. The van der Waals surface area contributed by atoms with Crippen molar-refractivity contribution in [3.63, 3.8) is 0 Å². The Morgan fingerprint density at radius 3 is 2.04 bits per heavy atom. The average Bonchev–Trinajstić information content (AvgIpc) is 2.55. The molecule has 0 fully saturated rings. The first-order chi connectivity index (χ1) is 12.1. The highest BCUT2D eigenvalue weighted by Crippen LogP contribution is 2.34. The van der Waals surface area contributed by atoms with Crippen LogP contribution in [-0.4, -0.2) is 28.8 Å². The van der Waals surface area contributed by atoms with Crippen molar-refractivity contribution in [3.05, 3.63) is 64.9 Å². The van der Waals surface area contributed by atoms with Crippen LogP contribution in [0, 0.1) is 5.82 Å². The first-order valence-corrected chi connectivity index (χ1v) is 12.0. The van der Waals surface area contributed by atoms with Gasteiger partial charge < -0.3 is 0 Å². The zero-order chi connectivity index (χ0) is 19.4. The summed E-state index contributed by atoms with van der Waals surface area (Å²) in [7, 11) is -6.83. The Morgan fingerprint density at radius 2 is 1.50 bits per heavy atom. The van der Waals surface area contributed by atoms with E-state index in [2.05, 4.69) is 0 Å². The average molecular weight is 419 g/mol. The molecule has 0 aliphatic carbocycles. The number of hydrogen-bond acceptors (Lipinski definition) is 4. The van der Waals surface area contributed by atoms with Gasteiger partial charge in [0.15, 0.2) is 9.84 Å². The molecule has 1 unspecified atom stereocenters. The van der Waals surface area contributed by atoms with Gasteiger partial charge in [-0.2, -0.15) is 0 Å². The van der Waals surface area contributed by atoms with E-state index in [0.29, 0.717) is 23.4 Å². The van der Waals surface area contributed by atoms with Crippen LogP contribution in [-0.2, 0) is 19.7 Å². The fourth-order valence-corrected chi connectivity index (χ4v) is 5.35. The van der Waals surface area contributed by atoms with E-state index in [1.165, 1.54) is 48.5 Å². The molecule has 1 atom stereocenters. The second-order valence-corrected chi connectivity index (χ2v) is 11.0. The SMILES string of the molecule is CS(=O)(=O)CCCCC(c1ccc(F)cc1)S(=O)(=O)c1ccc(Cl)cc1. The van der Waals surface area contributed by atoms with Crippen LogP contribution in [0.3, 0.4) is 0 Å². The van der Waals surface area contributed by atoms with Gasteiger partial charge in [0.25, 0.3) is 0 Å². The molecule has 0 aliphatic rings. The molecule has 0 spiro atoms. The minimum Gasteiger partial charge on any atom is -0.229 e. The minimum atomic E-state index is -3.73. The number of halogens is 2. The predicted molar refractivity (Wildman–Crippen MR) is 101 cm³/mol. The molecule has 0 N–H and O–H groups in total. The molecule has 0 radical (unpaired) electrons. The first-order valence-electron chi connectivity index (χ1n) is 8.02. The van der Waals surface area contributed by atoms with Crippen LogP contribution in [0.15, 0.2) is 53.4 Å². The van der Waals surface area contributed by atoms with E-state index in [4.69, 9.17) is 11.6 Å². The summed E-state index contributed by atoms with van der Waals surface area (Å²) in [5.74, 6) is -0.446. The van der Waals surface area contributed by atoms with Crippen LogP contribution < -0.4 is 0 Å². The highest BCUT2D eigenvalue weighted by atomic mass is 35.5. The Kier molecular flexibility index (Phi) is 6.82. The molecule has 142 valence electrons. The van der Waals surface area contributed by atoms with Crippen molar-refractivity contribution < 1.29 is 21.2 Å². The van der Waals surface area contributed by atoms with Gasteiger partial charge in [-0.1, -0.05) is 30.2 Å². The van der Waals surface area contributed by atoms with E-state index in [1.807, 2.05) is 0 Å². The summed E-state index contributed by atoms with van der Waals surface area (Å²) in [4.78, 5) is 0.124. The van der Waals surface area contributed by atoms with Crippen molar-refractivity contribution in [2.45, 2.75) is 29.4 Å². The highest BCUT2D eigenvalue weighted by molar-refractivity contribution is 7.91. The maximum Gasteiger partial charge on any atom is 0.185 e. The maximum absolute atomic E-state index is 13.2. The van der Waals surface area contributed by atoms with Crippen LogP contribution >= 0.6 is 11.6 Å². The molecule has 0 saturated carbocycles. The normalized spacial score (nSPS) is 13.5. The van der Waals surface area contributed by atoms with Gasteiger partial charge in [-0.15, -0.1) is 0 Å². The van der Waals surface area contributed by atoms with Gasteiger partial charge in [0.05, 0.1) is 10.1 Å². The lowest BCUT2D eigenvalue weighted by Crippen LogP contribution is -2.15. The van der Waals surface area contributed by atoms with Gasteiger partial charge in [-0.3, -0.25) is 0 Å². The molecule has 2 aromatic carbocycles. The number of rotatable bonds is 8. The summed E-state index contributed by atoms with van der Waals surface area (Å²) in [6, 6.07) is 11.2. The zero-order valence-corrected chi connectivity index (χ0v) is 16.6. The highest BCUT2D eigenvalue weighted by Gasteiger charge is 2.29. The van der Waals surface area contributed by atoms with Gasteiger partial charge in [-0.25, -0.2) is 21.2 Å². The van der Waals surface area contributed by atoms with Crippen LogP contribution in [0.4, 0.5) is 4.39 Å². The quantitative estimate of drug-likeness (QED) is 0.602. The molecule has 0 saturated heterocycles. The van der Waals surface area contributed by atoms with E-state index in [0.717, 1.165) is 6.26 Å². The zero-order valence-electron chi connectivity index (χ0n) is 14.2. The predicted octanol–water partition coefficient (Wildman–Crippen LogP) is 4.21. The fourth-order valence-electron chi connectivity index (χ4n) is 2.66. The lowest BCUT2D eigenvalue weighted by Gasteiger charge is -2.18. The third kappa shape index (κ3) is 5.79. The standard InChI is InChI=1S/C18H20ClFO4S2/c1-25(21,22)13-3-2-4-18(14-5-9-16(20)10-6-14)26(23,24)17-11-7-15(19)8-12-17/h5-12,18H,2-4,13H2,1H3. The van der Waals surface area contributed by atoms with Gasteiger partial charge in [0.1, 0.15) is 15.7 Å². The number of hydrogen-bond donors (Lipinski definition) is 0. The van der Waals surface area contributed by atoms with Gasteiger partial charge >= 0.3 is 0 Å². The number of benzene rings is 2. The summed E-state index contributed by atoms with van der Waals surface area (Å²) >= 11 is 5.83. The van der Waals surface area contributed by atoms with Crippen molar-refractivity contribution >= 4 is 31.3 Å². The van der Waals surface area contributed by atoms with E-state index in [-0.39, 0.29) is 17.1 Å². The fraction of sp³-hybridized carbons (Fsp3) is 0.333. The second-order valence-electron chi connectivity index (χ2n) is 6.16. The molecule has 8 heteroatoms. The Hall–Kier alpha value is -1.44. The molecule has 2 aromatic rings. The Labute approximate surface area is 158 Å². The Balaban J connectivity index is 2.30. The van der Waals surface area contributed by atoms with Crippen molar-refractivity contribution in [2.75, 3.05) is 12.0 Å². The van der Waals surface area contributed by atoms with Crippen molar-refractivity contribution in [2.24, 2.45) is 0 Å². The molecule has 0 amide bonds. The summed E-state index contributed by atoms with van der Waals surface area (Å²) in [5, 5.41) is -0.459. The van der Waals surface area contributed by atoms with Crippen molar-refractivity contribution in [1.82, 2.24) is 0 Å². The molecule has 0 heterocycles. The van der Waals surface area contributed by atoms with Crippen LogP contribution in [0.25, 0.3) is 0 Å². The van der Waals surface area contributed by atoms with Gasteiger partial charge in [-0.05, 0) is 54.8 Å². The first kappa shape index (κ1) is 20.9. The Bertz CT molecular complexity index is 938. The molecule has 0 aliphatic heterocycles. The summed E-state index contributed by atoms with van der Waals surface area (Å²) in [6.45, 7) is 0. The van der Waals surface area contributed by atoms with Crippen molar-refractivity contribution in [3.8, 4) is 0 Å². The molecule has 26 heavy (non-hydrogen) atoms. The van der Waals surface area contributed by atoms with Gasteiger partial charge in [0.2, 0.25) is 0 Å². The van der Waals surface area contributed by atoms with E-state index in [9.17, 15) is 21.2 Å². The molecular weight excluding hydrogens is 399 g/mol. The topological polar surface area (TPSA) is 68.3 Å². The summed E-state index contributed by atoms with van der Waals surface area (Å²) < 4.78 is 61.9. The molecule has 2 rings (SSSR count).